The summed E-state index contributed by atoms with van der Waals surface area (Å²) in [6, 6.07) is 4.55. The normalized spacial score (nSPS) is 10.2. The highest BCUT2D eigenvalue weighted by molar-refractivity contribution is 5.42. The zero-order valence-electron chi connectivity index (χ0n) is 11.4. The molecule has 20 heavy (non-hydrogen) atoms. The van der Waals surface area contributed by atoms with Crippen molar-refractivity contribution in [3.63, 3.8) is 0 Å². The second-order valence-electron chi connectivity index (χ2n) is 4.48. The molecular weight excluding hydrogens is 255 g/mol. The average Bonchev–Trinajstić information content (AvgIpc) is 2.87. The van der Waals surface area contributed by atoms with E-state index in [1.165, 1.54) is 12.1 Å². The Bertz CT molecular complexity index is 637. The molecular formula is C16H17FN2O. The minimum absolute atomic E-state index is 0.234. The lowest BCUT2D eigenvalue weighted by Crippen LogP contribution is -2.06. The molecule has 0 aliphatic carbocycles. The van der Waals surface area contributed by atoms with Gasteiger partial charge >= 0.3 is 0 Å². The van der Waals surface area contributed by atoms with Gasteiger partial charge < -0.3 is 9.67 Å². The molecule has 104 valence electrons. The molecule has 0 aliphatic heterocycles. The summed E-state index contributed by atoms with van der Waals surface area (Å²) in [6.45, 7) is 2.47. The Morgan fingerprint density at radius 2 is 2.25 bits per heavy atom. The average molecular weight is 272 g/mol. The number of aryl methyl sites for hydroxylation is 1. The molecule has 1 heterocycles. The van der Waals surface area contributed by atoms with Crippen LogP contribution in [0.15, 0.2) is 30.6 Å². The van der Waals surface area contributed by atoms with Crippen molar-refractivity contribution in [3.8, 4) is 11.8 Å². The fraction of sp³-hybridized carbons (Fsp3) is 0.312. The first-order valence-corrected chi connectivity index (χ1v) is 6.62. The van der Waals surface area contributed by atoms with Crippen LogP contribution in [0.3, 0.4) is 0 Å². The molecule has 0 spiro atoms. The third kappa shape index (κ3) is 3.46. The third-order valence-electron chi connectivity index (χ3n) is 2.99. The first kappa shape index (κ1) is 14.3. The van der Waals surface area contributed by atoms with Gasteiger partial charge in [-0.25, -0.2) is 9.37 Å². The van der Waals surface area contributed by atoms with Gasteiger partial charge in [0.25, 0.3) is 0 Å². The molecule has 2 rings (SSSR count). The van der Waals surface area contributed by atoms with Crippen LogP contribution in [0.25, 0.3) is 0 Å². The van der Waals surface area contributed by atoms with Crippen LogP contribution < -0.4 is 0 Å². The highest BCUT2D eigenvalue weighted by Crippen LogP contribution is 2.14. The van der Waals surface area contributed by atoms with E-state index in [0.717, 1.165) is 24.2 Å². The zero-order chi connectivity index (χ0) is 14.4. The minimum Gasteiger partial charge on any atom is -0.384 e. The summed E-state index contributed by atoms with van der Waals surface area (Å²) in [5.41, 5.74) is 1.53. The Morgan fingerprint density at radius 1 is 1.40 bits per heavy atom. The van der Waals surface area contributed by atoms with Crippen molar-refractivity contribution >= 4 is 0 Å². The predicted molar refractivity (Wildman–Crippen MR) is 75.7 cm³/mol. The van der Waals surface area contributed by atoms with E-state index in [4.69, 9.17) is 5.11 Å². The van der Waals surface area contributed by atoms with Crippen LogP contribution in [0.2, 0.25) is 0 Å². The van der Waals surface area contributed by atoms with Gasteiger partial charge in [-0.1, -0.05) is 24.8 Å². The van der Waals surface area contributed by atoms with E-state index in [9.17, 15) is 4.39 Å². The quantitative estimate of drug-likeness (QED) is 0.868. The molecule has 4 heteroatoms. The Morgan fingerprint density at radius 3 is 3.00 bits per heavy atom. The Hall–Kier alpha value is -2.12. The smallest absolute Gasteiger partial charge is 0.124 e. The second kappa shape index (κ2) is 6.88. The monoisotopic (exact) mass is 272 g/mol. The number of aliphatic hydroxyl groups excluding tert-OH is 1. The molecule has 0 radical (unpaired) electrons. The van der Waals surface area contributed by atoms with E-state index in [1.807, 2.05) is 10.8 Å². The minimum atomic E-state index is -0.324. The fourth-order valence-corrected chi connectivity index (χ4v) is 2.06. The number of halogens is 1. The fourth-order valence-electron chi connectivity index (χ4n) is 2.06. The molecule has 0 unspecified atom stereocenters. The molecule has 0 amide bonds. The Kier molecular flexibility index (Phi) is 4.91. The van der Waals surface area contributed by atoms with Crippen LogP contribution >= 0.6 is 0 Å². The van der Waals surface area contributed by atoms with E-state index in [2.05, 4.69) is 23.7 Å². The van der Waals surface area contributed by atoms with Gasteiger partial charge in [0.2, 0.25) is 0 Å². The highest BCUT2D eigenvalue weighted by Gasteiger charge is 2.06. The van der Waals surface area contributed by atoms with E-state index in [-0.39, 0.29) is 12.4 Å². The number of nitrogens with zero attached hydrogens (tertiary/aromatic N) is 2. The molecule has 0 aliphatic rings. The van der Waals surface area contributed by atoms with Crippen LogP contribution in [0.4, 0.5) is 4.39 Å². The molecule has 3 nitrogen and oxygen atoms in total. The number of aliphatic hydroxyl groups is 1. The van der Waals surface area contributed by atoms with E-state index in [1.54, 1.807) is 12.3 Å². The van der Waals surface area contributed by atoms with Crippen molar-refractivity contribution in [1.29, 1.82) is 0 Å². The summed E-state index contributed by atoms with van der Waals surface area (Å²) >= 11 is 0. The molecule has 0 saturated carbocycles. The van der Waals surface area contributed by atoms with Crippen molar-refractivity contribution in [3.05, 3.63) is 53.4 Å². The van der Waals surface area contributed by atoms with Gasteiger partial charge in [0.15, 0.2) is 0 Å². The van der Waals surface area contributed by atoms with Gasteiger partial charge in [-0.3, -0.25) is 0 Å². The summed E-state index contributed by atoms with van der Waals surface area (Å²) in [4.78, 5) is 4.32. The predicted octanol–water partition coefficient (Wildman–Crippen LogP) is 2.37. The highest BCUT2D eigenvalue weighted by atomic mass is 19.1. The number of aromatic nitrogens is 2. The van der Waals surface area contributed by atoms with Crippen molar-refractivity contribution < 1.29 is 9.50 Å². The van der Waals surface area contributed by atoms with Crippen molar-refractivity contribution in [1.82, 2.24) is 9.55 Å². The standard InChI is InChI=1S/C16H17FN2O/c1-2-4-16-18-8-9-19(16)12-14-6-7-15(17)11-13(14)5-3-10-20/h6-9,11,20H,2,4,10,12H2,1H3. The summed E-state index contributed by atoms with van der Waals surface area (Å²) in [7, 11) is 0. The Balaban J connectivity index is 2.30. The summed E-state index contributed by atoms with van der Waals surface area (Å²) < 4.78 is 15.3. The first-order valence-electron chi connectivity index (χ1n) is 6.62. The summed E-state index contributed by atoms with van der Waals surface area (Å²) in [6.07, 6.45) is 5.62. The van der Waals surface area contributed by atoms with Crippen LogP contribution in [0, 0.1) is 17.7 Å². The number of rotatable bonds is 4. The van der Waals surface area contributed by atoms with Crippen molar-refractivity contribution in [2.24, 2.45) is 0 Å². The number of hydrogen-bond donors (Lipinski definition) is 1. The van der Waals surface area contributed by atoms with E-state index >= 15 is 0 Å². The molecule has 0 atom stereocenters. The van der Waals surface area contributed by atoms with Crippen molar-refractivity contribution in [2.45, 2.75) is 26.3 Å². The van der Waals surface area contributed by atoms with Gasteiger partial charge in [-0.2, -0.15) is 0 Å². The lowest BCUT2D eigenvalue weighted by atomic mass is 10.1. The van der Waals surface area contributed by atoms with Crippen LogP contribution in [0.1, 0.15) is 30.3 Å². The third-order valence-corrected chi connectivity index (χ3v) is 2.99. The molecule has 0 saturated heterocycles. The van der Waals surface area contributed by atoms with E-state index in [0.29, 0.717) is 12.1 Å². The maximum atomic E-state index is 13.3. The SMILES string of the molecule is CCCc1nccn1Cc1ccc(F)cc1C#CCO. The molecule has 0 bridgehead atoms. The largest absolute Gasteiger partial charge is 0.384 e. The van der Waals surface area contributed by atoms with E-state index < -0.39 is 0 Å². The van der Waals surface area contributed by atoms with Gasteiger partial charge in [-0.05, 0) is 24.1 Å². The topological polar surface area (TPSA) is 38.0 Å². The van der Waals surface area contributed by atoms with Gasteiger partial charge in [-0.15, -0.1) is 0 Å². The lowest BCUT2D eigenvalue weighted by Gasteiger charge is -2.09. The van der Waals surface area contributed by atoms with Crippen molar-refractivity contribution in [2.75, 3.05) is 6.61 Å². The summed E-state index contributed by atoms with van der Waals surface area (Å²) in [5.74, 6) is 6.05. The van der Waals surface area contributed by atoms with Gasteiger partial charge in [0, 0.05) is 30.9 Å². The molecule has 2 aromatic rings. The molecule has 0 fully saturated rings. The number of benzene rings is 1. The van der Waals surface area contributed by atoms with Gasteiger partial charge in [0.05, 0.1) is 0 Å². The molecule has 1 N–H and O–H groups in total. The van der Waals surface area contributed by atoms with Crippen LogP contribution in [0.5, 0.6) is 0 Å². The maximum absolute atomic E-state index is 13.3. The Labute approximate surface area is 118 Å². The number of hydrogen-bond acceptors (Lipinski definition) is 2. The zero-order valence-corrected chi connectivity index (χ0v) is 11.4. The van der Waals surface area contributed by atoms with Crippen LogP contribution in [-0.4, -0.2) is 21.3 Å². The molecule has 1 aromatic heterocycles. The maximum Gasteiger partial charge on any atom is 0.124 e. The number of imidazole rings is 1. The lowest BCUT2D eigenvalue weighted by molar-refractivity contribution is 0.350. The van der Waals surface area contributed by atoms with Crippen LogP contribution in [-0.2, 0) is 13.0 Å². The summed E-state index contributed by atoms with van der Waals surface area (Å²) in [5, 5.41) is 8.78. The van der Waals surface area contributed by atoms with Gasteiger partial charge in [0.1, 0.15) is 18.2 Å². The molecule has 1 aromatic carbocycles. The first-order chi connectivity index (χ1) is 9.74. The second-order valence-corrected chi connectivity index (χ2v) is 4.48.